The molecule has 14 heavy (non-hydrogen) atoms. The number of nitrogens with zero attached hydrogens (tertiary/aromatic N) is 2. The van der Waals surface area contributed by atoms with E-state index >= 15 is 0 Å². The average molecular weight is 234 g/mol. The lowest BCUT2D eigenvalue weighted by Gasteiger charge is -1.89. The van der Waals surface area contributed by atoms with E-state index in [1.54, 1.807) is 12.1 Å². The first-order valence-electron chi connectivity index (χ1n) is 3.58. The topological polar surface area (TPSA) is 38.9 Å². The molecular weight excluding hydrogens is 230 g/mol. The van der Waals surface area contributed by atoms with Gasteiger partial charge < -0.3 is 4.42 Å². The monoisotopic (exact) mass is 234 g/mol. The zero-order chi connectivity index (χ0) is 9.97. The van der Waals surface area contributed by atoms with Crippen LogP contribution in [0.1, 0.15) is 0 Å². The van der Waals surface area contributed by atoms with Crippen LogP contribution in [0.5, 0.6) is 0 Å². The van der Waals surface area contributed by atoms with Crippen molar-refractivity contribution in [1.82, 2.24) is 10.2 Å². The van der Waals surface area contributed by atoms with Gasteiger partial charge in [0, 0.05) is 0 Å². The Morgan fingerprint density at radius 1 is 1.43 bits per heavy atom. The molecule has 0 radical (unpaired) electrons. The highest BCUT2D eigenvalue weighted by Crippen LogP contribution is 2.32. The van der Waals surface area contributed by atoms with E-state index in [0.717, 1.165) is 11.3 Å². The largest absolute Gasteiger partial charge is 0.462 e. The SMILES string of the molecule is FC(F)Sc1nnc(-c2ccco2)s1. The summed E-state index contributed by atoms with van der Waals surface area (Å²) in [5.74, 6) is -1.92. The summed E-state index contributed by atoms with van der Waals surface area (Å²) >= 11 is 1.47. The Morgan fingerprint density at radius 3 is 2.93 bits per heavy atom. The first-order valence-corrected chi connectivity index (χ1v) is 5.27. The average Bonchev–Trinajstić information content (AvgIpc) is 2.69. The molecule has 0 spiro atoms. The van der Waals surface area contributed by atoms with Gasteiger partial charge in [-0.25, -0.2) is 0 Å². The van der Waals surface area contributed by atoms with E-state index in [9.17, 15) is 8.78 Å². The van der Waals surface area contributed by atoms with Crippen molar-refractivity contribution in [3.05, 3.63) is 18.4 Å². The molecule has 3 nitrogen and oxygen atoms in total. The number of furan rings is 1. The summed E-state index contributed by atoms with van der Waals surface area (Å²) in [6, 6.07) is 3.41. The molecule has 0 aliphatic carbocycles. The maximum atomic E-state index is 12.0. The number of hydrogen-bond donors (Lipinski definition) is 0. The van der Waals surface area contributed by atoms with Crippen LogP contribution >= 0.6 is 23.1 Å². The fourth-order valence-corrected chi connectivity index (χ4v) is 2.27. The van der Waals surface area contributed by atoms with E-state index in [1.807, 2.05) is 0 Å². The molecule has 0 aliphatic rings. The Labute approximate surface area is 86.2 Å². The second-order valence-electron chi connectivity index (χ2n) is 2.23. The van der Waals surface area contributed by atoms with E-state index in [2.05, 4.69) is 10.2 Å². The number of hydrogen-bond acceptors (Lipinski definition) is 5. The minimum atomic E-state index is -2.47. The van der Waals surface area contributed by atoms with Crippen LogP contribution in [0.15, 0.2) is 27.2 Å². The standard InChI is InChI=1S/C7H4F2N2OS2/c8-6(9)14-7-11-10-5(13-7)4-2-1-3-12-4/h1-3,6H. The Kier molecular flexibility index (Phi) is 2.78. The molecule has 74 valence electrons. The summed E-state index contributed by atoms with van der Waals surface area (Å²) in [6.07, 6.45) is 1.50. The number of alkyl halides is 2. The van der Waals surface area contributed by atoms with Crippen molar-refractivity contribution in [2.75, 3.05) is 0 Å². The molecule has 2 heterocycles. The van der Waals surface area contributed by atoms with Gasteiger partial charge >= 0.3 is 0 Å². The van der Waals surface area contributed by atoms with E-state index in [1.165, 1.54) is 6.26 Å². The maximum Gasteiger partial charge on any atom is 0.291 e. The molecule has 0 N–H and O–H groups in total. The lowest BCUT2D eigenvalue weighted by molar-refractivity contribution is 0.252. The van der Waals surface area contributed by atoms with E-state index in [0.29, 0.717) is 22.5 Å². The molecule has 2 aromatic rings. The number of rotatable bonds is 3. The maximum absolute atomic E-state index is 12.0. The van der Waals surface area contributed by atoms with Crippen molar-refractivity contribution in [3.8, 4) is 10.8 Å². The Morgan fingerprint density at radius 2 is 2.29 bits per heavy atom. The van der Waals surface area contributed by atoms with Gasteiger partial charge in [0.25, 0.3) is 5.76 Å². The summed E-state index contributed by atoms with van der Waals surface area (Å²) in [6.45, 7) is 0. The van der Waals surface area contributed by atoms with Gasteiger partial charge in [-0.1, -0.05) is 11.3 Å². The van der Waals surface area contributed by atoms with Gasteiger partial charge in [-0.05, 0) is 23.9 Å². The van der Waals surface area contributed by atoms with Crippen LogP contribution in [0.3, 0.4) is 0 Å². The van der Waals surface area contributed by atoms with Crippen LogP contribution in [0.25, 0.3) is 10.8 Å². The van der Waals surface area contributed by atoms with Crippen molar-refractivity contribution in [2.45, 2.75) is 10.1 Å². The van der Waals surface area contributed by atoms with Crippen LogP contribution in [0.2, 0.25) is 0 Å². The molecule has 0 saturated heterocycles. The van der Waals surface area contributed by atoms with E-state index < -0.39 is 5.76 Å². The third-order valence-corrected chi connectivity index (χ3v) is 3.06. The Bertz CT molecular complexity index is 401. The second-order valence-corrected chi connectivity index (χ2v) is 4.44. The first kappa shape index (κ1) is 9.60. The fraction of sp³-hybridized carbons (Fsp3) is 0.143. The predicted molar refractivity (Wildman–Crippen MR) is 49.5 cm³/mol. The van der Waals surface area contributed by atoms with Crippen LogP contribution in [-0.2, 0) is 0 Å². The van der Waals surface area contributed by atoms with Crippen molar-refractivity contribution in [3.63, 3.8) is 0 Å². The summed E-state index contributed by atoms with van der Waals surface area (Å²) in [5, 5.41) is 7.85. The molecule has 0 aromatic carbocycles. The summed E-state index contributed by atoms with van der Waals surface area (Å²) in [4.78, 5) is 0. The van der Waals surface area contributed by atoms with Crippen molar-refractivity contribution >= 4 is 23.1 Å². The molecule has 0 saturated carbocycles. The quantitative estimate of drug-likeness (QED) is 0.765. The third-order valence-electron chi connectivity index (χ3n) is 1.33. The van der Waals surface area contributed by atoms with Gasteiger partial charge in [0.2, 0.25) is 0 Å². The Balaban J connectivity index is 2.18. The molecule has 0 unspecified atom stereocenters. The summed E-state index contributed by atoms with van der Waals surface area (Å²) in [5.41, 5.74) is 0. The molecule has 0 atom stereocenters. The van der Waals surface area contributed by atoms with E-state index in [-0.39, 0.29) is 4.34 Å². The molecule has 0 fully saturated rings. The lowest BCUT2D eigenvalue weighted by atomic mass is 10.5. The molecular formula is C7H4F2N2OS2. The van der Waals surface area contributed by atoms with Gasteiger partial charge in [-0.15, -0.1) is 10.2 Å². The minimum absolute atomic E-state index is 0.242. The van der Waals surface area contributed by atoms with Crippen LogP contribution in [-0.4, -0.2) is 16.0 Å². The lowest BCUT2D eigenvalue weighted by Crippen LogP contribution is -1.79. The van der Waals surface area contributed by atoms with Crippen molar-refractivity contribution in [2.24, 2.45) is 0 Å². The highest BCUT2D eigenvalue weighted by Gasteiger charge is 2.13. The first-order chi connectivity index (χ1) is 6.75. The van der Waals surface area contributed by atoms with Crippen molar-refractivity contribution < 1.29 is 13.2 Å². The third kappa shape index (κ3) is 2.10. The van der Waals surface area contributed by atoms with E-state index in [4.69, 9.17) is 4.42 Å². The molecule has 0 bridgehead atoms. The fourth-order valence-electron chi connectivity index (χ4n) is 0.833. The number of aromatic nitrogens is 2. The predicted octanol–water partition coefficient (Wildman–Crippen LogP) is 3.11. The van der Waals surface area contributed by atoms with Crippen LogP contribution in [0.4, 0.5) is 8.78 Å². The second kappa shape index (κ2) is 4.05. The molecule has 2 aromatic heterocycles. The van der Waals surface area contributed by atoms with Crippen LogP contribution in [0, 0.1) is 0 Å². The van der Waals surface area contributed by atoms with Gasteiger partial charge in [0.15, 0.2) is 15.1 Å². The van der Waals surface area contributed by atoms with Gasteiger partial charge in [0.1, 0.15) is 0 Å². The summed E-state index contributed by atoms with van der Waals surface area (Å²) < 4.78 is 29.2. The zero-order valence-corrected chi connectivity index (χ0v) is 8.32. The zero-order valence-electron chi connectivity index (χ0n) is 6.68. The smallest absolute Gasteiger partial charge is 0.291 e. The van der Waals surface area contributed by atoms with Gasteiger partial charge in [-0.2, -0.15) is 8.78 Å². The minimum Gasteiger partial charge on any atom is -0.462 e. The van der Waals surface area contributed by atoms with Crippen molar-refractivity contribution in [1.29, 1.82) is 0 Å². The molecule has 2 rings (SSSR count). The molecule has 7 heteroatoms. The molecule has 0 aliphatic heterocycles. The van der Waals surface area contributed by atoms with Gasteiger partial charge in [-0.3, -0.25) is 0 Å². The number of thioether (sulfide) groups is 1. The summed E-state index contributed by atoms with van der Waals surface area (Å²) in [7, 11) is 0. The Hall–Kier alpha value is -0.950. The normalized spacial score (nSPS) is 11.1. The number of halogens is 2. The molecule has 0 amide bonds. The van der Waals surface area contributed by atoms with Crippen LogP contribution < -0.4 is 0 Å². The highest BCUT2D eigenvalue weighted by atomic mass is 32.2. The van der Waals surface area contributed by atoms with Gasteiger partial charge in [0.05, 0.1) is 6.26 Å². The highest BCUT2D eigenvalue weighted by molar-refractivity contribution is 8.01.